The molecule has 0 aliphatic carbocycles. The molecule has 0 aromatic carbocycles. The molecule has 0 radical (unpaired) electrons. The Morgan fingerprint density at radius 2 is 1.14 bits per heavy atom. The quantitative estimate of drug-likeness (QED) is 0.478. The molecule has 0 saturated carbocycles. The first kappa shape index (κ1) is 22.6. The summed E-state index contributed by atoms with van der Waals surface area (Å²) in [5.74, 6) is -5.35. The van der Waals surface area contributed by atoms with Crippen LogP contribution in [-0.4, -0.2) is 69.5 Å². The van der Waals surface area contributed by atoms with Gasteiger partial charge in [0.2, 0.25) is 0 Å². The van der Waals surface area contributed by atoms with E-state index < -0.39 is 36.4 Å². The third-order valence-electron chi connectivity index (χ3n) is 3.95. The van der Waals surface area contributed by atoms with Crippen LogP contribution < -0.4 is 5.11 Å². The molecule has 0 fully saturated rings. The molecule has 0 heterocycles. The Hall–Kier alpha value is -1.67. The Labute approximate surface area is 130 Å². The van der Waals surface area contributed by atoms with Gasteiger partial charge in [0.15, 0.2) is 0 Å². The van der Waals surface area contributed by atoms with Crippen molar-refractivity contribution in [3.8, 4) is 0 Å². The molecule has 0 bridgehead atoms. The van der Waals surface area contributed by atoms with Crippen LogP contribution in [0.4, 0.5) is 0 Å². The Bertz CT molecular complexity index is 344. The van der Waals surface area contributed by atoms with Gasteiger partial charge < -0.3 is 29.7 Å². The fourth-order valence-corrected chi connectivity index (χ4v) is 2.05. The molecule has 0 aliphatic rings. The summed E-state index contributed by atoms with van der Waals surface area (Å²) in [6, 6.07) is 0. The SMILES string of the molecule is CC[N+](CC)(CC)CC.O=C(O)CC(O)(CC(=O)O)C(=O)[O-]. The standard InChI is InChI=1S/C8H20N.C6H8O7/c1-5-9(6-2,7-3)8-4;7-3(8)1-6(13,5(11)12)2-4(9)10/h5-8H2,1-4H3;13H,1-2H2,(H,7,8)(H,9,10)(H,11,12)/q+1;/p-1. The molecule has 0 unspecified atom stereocenters. The van der Waals surface area contributed by atoms with Crippen molar-refractivity contribution in [2.45, 2.75) is 46.1 Å². The highest BCUT2D eigenvalue weighted by atomic mass is 16.4. The van der Waals surface area contributed by atoms with Crippen molar-refractivity contribution in [3.05, 3.63) is 0 Å². The third kappa shape index (κ3) is 7.94. The van der Waals surface area contributed by atoms with E-state index in [4.69, 9.17) is 15.3 Å². The average molecular weight is 321 g/mol. The van der Waals surface area contributed by atoms with Gasteiger partial charge in [0, 0.05) is 0 Å². The third-order valence-corrected chi connectivity index (χ3v) is 3.95. The van der Waals surface area contributed by atoms with E-state index in [1.165, 1.54) is 30.7 Å². The number of nitrogens with zero attached hydrogens (tertiary/aromatic N) is 1. The Morgan fingerprint density at radius 1 is 0.864 bits per heavy atom. The number of quaternary nitrogens is 1. The minimum atomic E-state index is -2.85. The van der Waals surface area contributed by atoms with Gasteiger partial charge in [-0.15, -0.1) is 0 Å². The van der Waals surface area contributed by atoms with Crippen LogP contribution in [-0.2, 0) is 14.4 Å². The summed E-state index contributed by atoms with van der Waals surface area (Å²) in [7, 11) is 0. The summed E-state index contributed by atoms with van der Waals surface area (Å²) in [4.78, 5) is 30.3. The minimum absolute atomic E-state index is 1.21. The van der Waals surface area contributed by atoms with E-state index in [1.54, 1.807) is 0 Å². The number of hydrogen-bond acceptors (Lipinski definition) is 5. The van der Waals surface area contributed by atoms with Crippen LogP contribution in [0.5, 0.6) is 0 Å². The number of aliphatic hydroxyl groups is 1. The van der Waals surface area contributed by atoms with E-state index in [1.807, 2.05) is 0 Å². The average Bonchev–Trinajstić information content (AvgIpc) is 2.40. The van der Waals surface area contributed by atoms with E-state index in [2.05, 4.69) is 27.7 Å². The van der Waals surface area contributed by atoms with Crippen LogP contribution in [0.2, 0.25) is 0 Å². The molecule has 22 heavy (non-hydrogen) atoms. The lowest BCUT2D eigenvalue weighted by Crippen LogP contribution is -2.51. The molecule has 8 heteroatoms. The smallest absolute Gasteiger partial charge is 0.306 e. The van der Waals surface area contributed by atoms with Gasteiger partial charge in [0.05, 0.1) is 45.0 Å². The highest BCUT2D eigenvalue weighted by Crippen LogP contribution is 2.14. The van der Waals surface area contributed by atoms with Gasteiger partial charge in [-0.05, 0) is 27.7 Å². The molecule has 0 saturated heterocycles. The van der Waals surface area contributed by atoms with Gasteiger partial charge in [-0.2, -0.15) is 0 Å². The van der Waals surface area contributed by atoms with Crippen molar-refractivity contribution < 1.29 is 39.3 Å². The van der Waals surface area contributed by atoms with Crippen molar-refractivity contribution in [1.29, 1.82) is 0 Å². The highest BCUT2D eigenvalue weighted by molar-refractivity contribution is 5.86. The molecular formula is C14H27NO7. The summed E-state index contributed by atoms with van der Waals surface area (Å²) >= 11 is 0. The largest absolute Gasteiger partial charge is 0.547 e. The zero-order valence-corrected chi connectivity index (χ0v) is 13.7. The number of carbonyl (C=O) groups excluding carboxylic acids is 1. The molecule has 0 atom stereocenters. The molecule has 0 spiro atoms. The van der Waals surface area contributed by atoms with E-state index >= 15 is 0 Å². The fraction of sp³-hybridized carbons (Fsp3) is 0.786. The lowest BCUT2D eigenvalue weighted by molar-refractivity contribution is -0.921. The van der Waals surface area contributed by atoms with Crippen LogP contribution in [0.1, 0.15) is 40.5 Å². The summed E-state index contributed by atoms with van der Waals surface area (Å²) in [6.07, 6.45) is -2.41. The van der Waals surface area contributed by atoms with Gasteiger partial charge in [0.1, 0.15) is 5.60 Å². The van der Waals surface area contributed by atoms with Gasteiger partial charge in [-0.1, -0.05) is 0 Å². The normalized spacial score (nSPS) is 11.3. The predicted molar refractivity (Wildman–Crippen MR) is 76.9 cm³/mol. The molecule has 0 aliphatic heterocycles. The molecular weight excluding hydrogens is 294 g/mol. The number of rotatable bonds is 9. The zero-order chi connectivity index (χ0) is 18.0. The summed E-state index contributed by atoms with van der Waals surface area (Å²) in [5.41, 5.74) is -2.85. The van der Waals surface area contributed by atoms with Crippen molar-refractivity contribution in [3.63, 3.8) is 0 Å². The second-order valence-electron chi connectivity index (χ2n) is 5.07. The number of hydrogen-bond donors (Lipinski definition) is 3. The highest BCUT2D eigenvalue weighted by Gasteiger charge is 2.34. The maximum atomic E-state index is 10.2. The second kappa shape index (κ2) is 10.1. The van der Waals surface area contributed by atoms with Gasteiger partial charge in [0.25, 0.3) is 0 Å². The van der Waals surface area contributed by atoms with Crippen molar-refractivity contribution in [2.75, 3.05) is 26.2 Å². The van der Waals surface area contributed by atoms with E-state index in [0.29, 0.717) is 0 Å². The predicted octanol–water partition coefficient (Wildman–Crippen LogP) is -0.700. The lowest BCUT2D eigenvalue weighted by Gasteiger charge is -2.34. The van der Waals surface area contributed by atoms with E-state index in [0.717, 1.165) is 0 Å². The maximum Gasteiger partial charge on any atom is 0.306 e. The van der Waals surface area contributed by atoms with Crippen LogP contribution in [0.25, 0.3) is 0 Å². The number of aliphatic carboxylic acids is 3. The summed E-state index contributed by atoms with van der Waals surface area (Å²) in [6.45, 7) is 14.2. The Balaban J connectivity index is 0. The Morgan fingerprint density at radius 3 is 1.23 bits per heavy atom. The monoisotopic (exact) mass is 321 g/mol. The Kier molecular flexibility index (Phi) is 10.4. The van der Waals surface area contributed by atoms with Crippen LogP contribution in [0, 0.1) is 0 Å². The van der Waals surface area contributed by atoms with Crippen LogP contribution in [0.3, 0.4) is 0 Å². The first-order chi connectivity index (χ1) is 10.0. The van der Waals surface area contributed by atoms with E-state index in [9.17, 15) is 19.5 Å². The molecule has 8 nitrogen and oxygen atoms in total. The van der Waals surface area contributed by atoms with Crippen molar-refractivity contribution in [2.24, 2.45) is 0 Å². The first-order valence-corrected chi connectivity index (χ1v) is 7.24. The summed E-state index contributed by atoms with van der Waals surface area (Å²) < 4.78 is 1.28. The van der Waals surface area contributed by atoms with Gasteiger partial charge >= 0.3 is 11.9 Å². The molecule has 0 aromatic heterocycles. The lowest BCUT2D eigenvalue weighted by atomic mass is 9.96. The second-order valence-corrected chi connectivity index (χ2v) is 5.07. The van der Waals surface area contributed by atoms with Crippen LogP contribution >= 0.6 is 0 Å². The number of carbonyl (C=O) groups is 3. The molecule has 0 aromatic rings. The van der Waals surface area contributed by atoms with Crippen molar-refractivity contribution in [1.82, 2.24) is 0 Å². The molecule has 130 valence electrons. The maximum absolute atomic E-state index is 10.2. The van der Waals surface area contributed by atoms with Gasteiger partial charge in [-0.25, -0.2) is 0 Å². The van der Waals surface area contributed by atoms with Crippen LogP contribution in [0.15, 0.2) is 0 Å². The van der Waals surface area contributed by atoms with Gasteiger partial charge in [-0.3, -0.25) is 9.59 Å². The molecule has 3 N–H and O–H groups in total. The molecule has 0 rings (SSSR count). The zero-order valence-electron chi connectivity index (χ0n) is 13.7. The minimum Gasteiger partial charge on any atom is -0.547 e. The summed E-state index contributed by atoms with van der Waals surface area (Å²) in [5, 5.41) is 35.5. The fourth-order valence-electron chi connectivity index (χ4n) is 2.05. The molecule has 0 amide bonds. The number of carboxylic acid groups (broad SMARTS) is 3. The number of carboxylic acids is 3. The first-order valence-electron chi connectivity index (χ1n) is 7.24. The van der Waals surface area contributed by atoms with E-state index in [-0.39, 0.29) is 0 Å². The topological polar surface area (TPSA) is 135 Å². The van der Waals surface area contributed by atoms with Crippen molar-refractivity contribution >= 4 is 17.9 Å².